The van der Waals surface area contributed by atoms with Gasteiger partial charge >= 0.3 is 0 Å². The van der Waals surface area contributed by atoms with E-state index in [2.05, 4.69) is 51.5 Å². The van der Waals surface area contributed by atoms with Crippen molar-refractivity contribution >= 4 is 52.4 Å². The molecule has 2 N–H and O–H groups in total. The molecule has 1 aromatic carbocycles. The van der Waals surface area contributed by atoms with Gasteiger partial charge in [0.15, 0.2) is 5.96 Å². The van der Waals surface area contributed by atoms with E-state index in [1.807, 2.05) is 38.0 Å². The van der Waals surface area contributed by atoms with Crippen molar-refractivity contribution in [2.24, 2.45) is 12.0 Å². The topological polar surface area (TPSA) is 48.4 Å². The van der Waals surface area contributed by atoms with Crippen LogP contribution in [0.1, 0.15) is 16.8 Å². The van der Waals surface area contributed by atoms with Gasteiger partial charge in [0, 0.05) is 56.7 Å². The van der Waals surface area contributed by atoms with Gasteiger partial charge in [-0.15, -0.1) is 24.0 Å². The Balaban J connectivity index is 0.00000261. The number of benzene rings is 1. The van der Waals surface area contributed by atoms with E-state index >= 15 is 0 Å². The number of hydrogen-bond acceptors (Lipinski definition) is 1. The van der Waals surface area contributed by atoms with Crippen LogP contribution in [0.4, 0.5) is 0 Å². The van der Waals surface area contributed by atoms with Crippen LogP contribution in [0.25, 0.3) is 10.9 Å². The van der Waals surface area contributed by atoms with E-state index < -0.39 is 0 Å². The number of nitrogens with one attached hydrogen (secondary N) is 2. The van der Waals surface area contributed by atoms with E-state index in [-0.39, 0.29) is 24.0 Å². The van der Waals surface area contributed by atoms with Gasteiger partial charge in [0.05, 0.1) is 11.6 Å². The van der Waals surface area contributed by atoms with Gasteiger partial charge < -0.3 is 19.8 Å². The first kappa shape index (κ1) is 21.6. The normalized spacial score (nSPS) is 11.5. The molecule has 0 bridgehead atoms. The van der Waals surface area contributed by atoms with Crippen molar-refractivity contribution < 1.29 is 0 Å². The number of H-pyrrole nitrogens is 1. The maximum Gasteiger partial charge on any atom is 0.193 e. The van der Waals surface area contributed by atoms with Crippen LogP contribution in [-0.2, 0) is 20.0 Å². The molecule has 3 rings (SSSR count). The van der Waals surface area contributed by atoms with Crippen LogP contribution in [0.2, 0.25) is 5.02 Å². The monoisotopic (exact) mass is 499 g/mol. The summed E-state index contributed by atoms with van der Waals surface area (Å²) in [6.45, 7) is 3.73. The first-order valence-electron chi connectivity index (χ1n) is 8.77. The van der Waals surface area contributed by atoms with Gasteiger partial charge in [0.25, 0.3) is 0 Å². The maximum absolute atomic E-state index is 6.08. The largest absolute Gasteiger partial charge is 0.361 e. The highest BCUT2D eigenvalue weighted by atomic mass is 127. The summed E-state index contributed by atoms with van der Waals surface area (Å²) >= 11 is 6.08. The zero-order valence-electron chi connectivity index (χ0n) is 16.2. The molecule has 27 heavy (non-hydrogen) atoms. The van der Waals surface area contributed by atoms with Crippen molar-refractivity contribution in [2.45, 2.75) is 19.9 Å². The highest BCUT2D eigenvalue weighted by molar-refractivity contribution is 14.0. The predicted molar refractivity (Wildman–Crippen MR) is 125 cm³/mol. The lowest BCUT2D eigenvalue weighted by molar-refractivity contribution is 0.462. The Morgan fingerprint density at radius 2 is 2.15 bits per heavy atom. The third-order valence-corrected chi connectivity index (χ3v) is 4.93. The summed E-state index contributed by atoms with van der Waals surface area (Å²) in [5, 5.41) is 5.55. The number of hydrogen-bond donors (Lipinski definition) is 2. The third kappa shape index (κ3) is 4.99. The van der Waals surface area contributed by atoms with Gasteiger partial charge in [-0.3, -0.25) is 4.99 Å². The number of aliphatic imine (C=N–C) groups is 1. The minimum Gasteiger partial charge on any atom is -0.361 e. The molecule has 2 aromatic heterocycles. The second-order valence-corrected chi connectivity index (χ2v) is 7.09. The highest BCUT2D eigenvalue weighted by Gasteiger charge is 2.11. The van der Waals surface area contributed by atoms with Crippen LogP contribution < -0.4 is 5.32 Å². The number of rotatable bonds is 5. The SMILES string of the molecule is CN=C(NCCc1c[nH]c2cccc(C)c12)N(C)Cc1cc(Cl)cn1C.I. The van der Waals surface area contributed by atoms with E-state index in [1.54, 1.807) is 0 Å². The zero-order valence-corrected chi connectivity index (χ0v) is 19.3. The van der Waals surface area contributed by atoms with Gasteiger partial charge in [-0.1, -0.05) is 23.7 Å². The molecule has 7 heteroatoms. The first-order valence-corrected chi connectivity index (χ1v) is 9.15. The summed E-state index contributed by atoms with van der Waals surface area (Å²) in [6, 6.07) is 8.35. The Labute approximate surface area is 182 Å². The Morgan fingerprint density at radius 3 is 2.81 bits per heavy atom. The number of aryl methyl sites for hydroxylation is 2. The zero-order chi connectivity index (χ0) is 18.7. The molecule has 2 heterocycles. The summed E-state index contributed by atoms with van der Waals surface area (Å²) in [6.07, 6.45) is 4.96. The van der Waals surface area contributed by atoms with Crippen molar-refractivity contribution in [2.75, 3.05) is 20.6 Å². The molecule has 0 fully saturated rings. The minimum atomic E-state index is 0. The molecule has 5 nitrogen and oxygen atoms in total. The molecular weight excluding hydrogens is 473 g/mol. The third-order valence-electron chi connectivity index (χ3n) is 4.72. The molecule has 0 radical (unpaired) electrons. The van der Waals surface area contributed by atoms with Gasteiger partial charge in [0.1, 0.15) is 0 Å². The summed E-state index contributed by atoms with van der Waals surface area (Å²) in [5.41, 5.74) is 4.98. The average molecular weight is 500 g/mol. The molecule has 0 spiro atoms. The minimum absolute atomic E-state index is 0. The van der Waals surface area contributed by atoms with E-state index in [4.69, 9.17) is 11.6 Å². The molecule has 0 amide bonds. The molecular formula is C20H27ClIN5. The van der Waals surface area contributed by atoms with Crippen molar-refractivity contribution in [3.05, 3.63) is 58.5 Å². The van der Waals surface area contributed by atoms with Gasteiger partial charge in [-0.25, -0.2) is 0 Å². The second kappa shape index (κ2) is 9.50. The molecule has 0 atom stereocenters. The van der Waals surface area contributed by atoms with E-state index in [0.717, 1.165) is 36.2 Å². The fraction of sp³-hybridized carbons (Fsp3) is 0.350. The van der Waals surface area contributed by atoms with Crippen molar-refractivity contribution in [1.82, 2.24) is 19.8 Å². The van der Waals surface area contributed by atoms with Crippen LogP contribution in [0.3, 0.4) is 0 Å². The molecule has 146 valence electrons. The summed E-state index contributed by atoms with van der Waals surface area (Å²) < 4.78 is 2.04. The lowest BCUT2D eigenvalue weighted by Gasteiger charge is -2.22. The molecule has 0 saturated carbocycles. The van der Waals surface area contributed by atoms with Crippen LogP contribution in [0, 0.1) is 6.92 Å². The van der Waals surface area contributed by atoms with E-state index in [1.165, 1.54) is 22.0 Å². The van der Waals surface area contributed by atoms with E-state index in [0.29, 0.717) is 0 Å². The van der Waals surface area contributed by atoms with Gasteiger partial charge in [0.2, 0.25) is 0 Å². The number of aromatic amines is 1. The number of halogens is 2. The number of aromatic nitrogens is 2. The quantitative estimate of drug-likeness (QED) is 0.312. The average Bonchev–Trinajstić information content (AvgIpc) is 3.15. The Morgan fingerprint density at radius 1 is 1.37 bits per heavy atom. The summed E-state index contributed by atoms with van der Waals surface area (Å²) in [5.74, 6) is 0.874. The molecule has 0 aliphatic heterocycles. The van der Waals surface area contributed by atoms with Crippen molar-refractivity contribution in [3.8, 4) is 0 Å². The summed E-state index contributed by atoms with van der Waals surface area (Å²) in [4.78, 5) is 9.87. The maximum atomic E-state index is 6.08. The number of nitrogens with zero attached hydrogens (tertiary/aromatic N) is 3. The first-order chi connectivity index (χ1) is 12.5. The van der Waals surface area contributed by atoms with Crippen LogP contribution in [0.5, 0.6) is 0 Å². The Bertz CT molecular complexity index is 928. The fourth-order valence-corrected chi connectivity index (χ4v) is 3.66. The van der Waals surface area contributed by atoms with Gasteiger partial charge in [-0.2, -0.15) is 0 Å². The molecule has 0 aliphatic rings. The standard InChI is InChI=1S/C20H26ClN5.HI/c1-14-6-5-7-18-19(14)15(11-24-18)8-9-23-20(22-2)26(4)13-17-10-16(21)12-25(17)3;/h5-7,10-12,24H,8-9,13H2,1-4H3,(H,22,23);1H. The smallest absolute Gasteiger partial charge is 0.193 e. The predicted octanol–water partition coefficient (Wildman–Crippen LogP) is 4.34. The number of guanidine groups is 1. The molecule has 0 unspecified atom stereocenters. The van der Waals surface area contributed by atoms with Crippen molar-refractivity contribution in [3.63, 3.8) is 0 Å². The molecule has 3 aromatic rings. The lowest BCUT2D eigenvalue weighted by atomic mass is 10.1. The molecule has 0 aliphatic carbocycles. The highest BCUT2D eigenvalue weighted by Crippen LogP contribution is 2.22. The second-order valence-electron chi connectivity index (χ2n) is 6.65. The number of fused-ring (bicyclic) bond motifs is 1. The molecule has 0 saturated heterocycles. The fourth-order valence-electron chi connectivity index (χ4n) is 3.38. The lowest BCUT2D eigenvalue weighted by Crippen LogP contribution is -2.39. The Kier molecular flexibility index (Phi) is 7.61. The van der Waals surface area contributed by atoms with Crippen LogP contribution >= 0.6 is 35.6 Å². The van der Waals surface area contributed by atoms with Crippen LogP contribution in [-0.4, -0.2) is 41.1 Å². The van der Waals surface area contributed by atoms with Crippen LogP contribution in [0.15, 0.2) is 41.7 Å². The van der Waals surface area contributed by atoms with Crippen molar-refractivity contribution in [1.29, 1.82) is 0 Å². The van der Waals surface area contributed by atoms with Gasteiger partial charge in [-0.05, 0) is 36.6 Å². The summed E-state index contributed by atoms with van der Waals surface area (Å²) in [7, 11) is 5.85. The Hall–Kier alpha value is -1.67. The van der Waals surface area contributed by atoms with E-state index in [9.17, 15) is 0 Å².